The fourth-order valence-corrected chi connectivity index (χ4v) is 4.59. The molecule has 0 aliphatic carbocycles. The van der Waals surface area contributed by atoms with E-state index >= 15 is 0 Å². The van der Waals surface area contributed by atoms with Gasteiger partial charge in [0, 0.05) is 11.4 Å². The van der Waals surface area contributed by atoms with Crippen LogP contribution in [0.25, 0.3) is 6.08 Å². The SMILES string of the molecule is COc1ccc(NC(=O)/C(C#N)=C\c2cc(Br)c(OCC(=O)Nc3ccc(C)c(C)c3)c(Br)c2)cc1. The molecule has 9 heteroatoms. The quantitative estimate of drug-likeness (QED) is 0.226. The molecule has 0 aliphatic rings. The van der Waals surface area contributed by atoms with E-state index < -0.39 is 5.91 Å². The highest BCUT2D eigenvalue weighted by Crippen LogP contribution is 2.35. The van der Waals surface area contributed by atoms with Gasteiger partial charge in [0.25, 0.3) is 11.8 Å². The number of halogens is 2. The maximum atomic E-state index is 12.6. The van der Waals surface area contributed by atoms with E-state index in [1.54, 1.807) is 43.5 Å². The lowest BCUT2D eigenvalue weighted by Gasteiger charge is -2.12. The second kappa shape index (κ2) is 12.4. The van der Waals surface area contributed by atoms with Crippen molar-refractivity contribution < 1.29 is 19.1 Å². The Kier molecular flexibility index (Phi) is 9.28. The van der Waals surface area contributed by atoms with Crippen molar-refractivity contribution in [3.63, 3.8) is 0 Å². The van der Waals surface area contributed by atoms with Crippen LogP contribution in [0.15, 0.2) is 69.1 Å². The van der Waals surface area contributed by atoms with E-state index in [1.807, 2.05) is 38.1 Å². The van der Waals surface area contributed by atoms with Crippen LogP contribution in [0.2, 0.25) is 0 Å². The number of hydrogen-bond acceptors (Lipinski definition) is 5. The Labute approximate surface area is 226 Å². The smallest absolute Gasteiger partial charge is 0.266 e. The molecule has 0 aromatic heterocycles. The number of nitriles is 1. The minimum atomic E-state index is -0.543. The summed E-state index contributed by atoms with van der Waals surface area (Å²) in [5, 5.41) is 15.0. The van der Waals surface area contributed by atoms with E-state index in [9.17, 15) is 14.9 Å². The van der Waals surface area contributed by atoms with Crippen molar-refractivity contribution in [2.24, 2.45) is 0 Å². The molecule has 0 unspecified atom stereocenters. The fourth-order valence-electron chi connectivity index (χ4n) is 3.14. The molecule has 2 N–H and O–H groups in total. The Morgan fingerprint density at radius 2 is 1.58 bits per heavy atom. The third-order valence-electron chi connectivity index (χ3n) is 5.18. The maximum Gasteiger partial charge on any atom is 0.266 e. The number of nitrogens with one attached hydrogen (secondary N) is 2. The third kappa shape index (κ3) is 7.20. The number of carbonyl (C=O) groups excluding carboxylic acids is 2. The van der Waals surface area contributed by atoms with Crippen LogP contribution in [0.1, 0.15) is 16.7 Å². The predicted octanol–water partition coefficient (Wildman–Crippen LogP) is 6.40. The number of ether oxygens (including phenoxy) is 2. The first-order chi connectivity index (χ1) is 17.2. The molecule has 0 saturated carbocycles. The van der Waals surface area contributed by atoms with Gasteiger partial charge >= 0.3 is 0 Å². The van der Waals surface area contributed by atoms with Crippen molar-refractivity contribution in [2.75, 3.05) is 24.4 Å². The van der Waals surface area contributed by atoms with Crippen LogP contribution in [-0.4, -0.2) is 25.5 Å². The molecule has 184 valence electrons. The first kappa shape index (κ1) is 27.0. The number of anilines is 2. The summed E-state index contributed by atoms with van der Waals surface area (Å²) in [6, 6.07) is 17.8. The van der Waals surface area contributed by atoms with Gasteiger partial charge in [-0.25, -0.2) is 0 Å². The minimum absolute atomic E-state index is 0.0777. The Morgan fingerprint density at radius 3 is 2.17 bits per heavy atom. The lowest BCUT2D eigenvalue weighted by atomic mass is 10.1. The van der Waals surface area contributed by atoms with Gasteiger partial charge in [-0.05, 0) is 117 Å². The van der Waals surface area contributed by atoms with Gasteiger partial charge in [0.15, 0.2) is 6.61 Å². The molecular formula is C27H23Br2N3O4. The molecule has 3 rings (SSSR count). The monoisotopic (exact) mass is 611 g/mol. The maximum absolute atomic E-state index is 12.6. The molecule has 0 spiro atoms. The molecule has 3 aromatic carbocycles. The highest BCUT2D eigenvalue weighted by Gasteiger charge is 2.14. The van der Waals surface area contributed by atoms with Crippen molar-refractivity contribution in [1.29, 1.82) is 5.26 Å². The summed E-state index contributed by atoms with van der Waals surface area (Å²) >= 11 is 6.87. The average molecular weight is 613 g/mol. The molecule has 2 amide bonds. The summed E-state index contributed by atoms with van der Waals surface area (Å²) in [5.41, 5.74) is 3.96. The number of aryl methyl sites for hydroxylation is 2. The molecule has 0 bridgehead atoms. The Balaban J connectivity index is 1.68. The summed E-state index contributed by atoms with van der Waals surface area (Å²) in [6.45, 7) is 3.78. The van der Waals surface area contributed by atoms with Gasteiger partial charge in [0.2, 0.25) is 0 Å². The molecule has 0 aliphatic heterocycles. The molecule has 36 heavy (non-hydrogen) atoms. The van der Waals surface area contributed by atoms with Gasteiger partial charge in [-0.2, -0.15) is 5.26 Å². The van der Waals surface area contributed by atoms with Gasteiger partial charge < -0.3 is 20.1 Å². The standard InChI is InChI=1S/C27H23Br2N3O4/c1-16-4-5-21(10-17(16)2)31-25(33)15-36-26-23(28)12-18(13-24(26)29)11-19(14-30)27(34)32-20-6-8-22(35-3)9-7-20/h4-13H,15H2,1-3H3,(H,31,33)(H,32,34)/b19-11-. The minimum Gasteiger partial charge on any atom is -0.497 e. The number of rotatable bonds is 8. The summed E-state index contributed by atoms with van der Waals surface area (Å²) in [6.07, 6.45) is 1.46. The normalized spacial score (nSPS) is 10.8. The highest BCUT2D eigenvalue weighted by molar-refractivity contribution is 9.11. The average Bonchev–Trinajstić information content (AvgIpc) is 2.84. The summed E-state index contributed by atoms with van der Waals surface area (Å²) in [5.74, 6) is 0.230. The summed E-state index contributed by atoms with van der Waals surface area (Å²) in [7, 11) is 1.55. The van der Waals surface area contributed by atoms with E-state index in [4.69, 9.17) is 9.47 Å². The number of benzene rings is 3. The Morgan fingerprint density at radius 1 is 0.944 bits per heavy atom. The van der Waals surface area contributed by atoms with Crippen LogP contribution in [0, 0.1) is 25.2 Å². The number of carbonyl (C=O) groups is 2. The van der Waals surface area contributed by atoms with Crippen LogP contribution in [0.3, 0.4) is 0 Å². The van der Waals surface area contributed by atoms with Gasteiger partial charge in [-0.1, -0.05) is 6.07 Å². The second-order valence-corrected chi connectivity index (χ2v) is 9.51. The van der Waals surface area contributed by atoms with Gasteiger partial charge in [0.05, 0.1) is 16.1 Å². The van der Waals surface area contributed by atoms with Gasteiger partial charge in [-0.15, -0.1) is 0 Å². The molecule has 0 radical (unpaired) electrons. The van der Waals surface area contributed by atoms with Crippen molar-refractivity contribution in [1.82, 2.24) is 0 Å². The summed E-state index contributed by atoms with van der Waals surface area (Å²) in [4.78, 5) is 24.9. The molecule has 0 fully saturated rings. The zero-order valence-electron chi connectivity index (χ0n) is 19.8. The number of methoxy groups -OCH3 is 1. The van der Waals surface area contributed by atoms with Crippen LogP contribution < -0.4 is 20.1 Å². The van der Waals surface area contributed by atoms with Crippen LogP contribution in [0.4, 0.5) is 11.4 Å². The van der Waals surface area contributed by atoms with E-state index in [0.29, 0.717) is 37.4 Å². The van der Waals surface area contributed by atoms with E-state index in [-0.39, 0.29) is 18.1 Å². The third-order valence-corrected chi connectivity index (χ3v) is 6.36. The molecule has 0 saturated heterocycles. The zero-order valence-corrected chi connectivity index (χ0v) is 23.0. The molecule has 0 atom stereocenters. The van der Waals surface area contributed by atoms with Crippen molar-refractivity contribution in [3.05, 3.63) is 85.8 Å². The Bertz CT molecular complexity index is 1340. The van der Waals surface area contributed by atoms with Crippen LogP contribution in [-0.2, 0) is 9.59 Å². The van der Waals surface area contributed by atoms with Crippen molar-refractivity contribution in [3.8, 4) is 17.6 Å². The first-order valence-electron chi connectivity index (χ1n) is 10.8. The number of hydrogen-bond donors (Lipinski definition) is 2. The molecule has 7 nitrogen and oxygen atoms in total. The van der Waals surface area contributed by atoms with E-state index in [0.717, 1.165) is 11.1 Å². The lowest BCUT2D eigenvalue weighted by Crippen LogP contribution is -2.20. The Hall–Kier alpha value is -3.61. The lowest BCUT2D eigenvalue weighted by molar-refractivity contribution is -0.118. The molecule has 0 heterocycles. The molecule has 3 aromatic rings. The zero-order chi connectivity index (χ0) is 26.2. The van der Waals surface area contributed by atoms with Gasteiger partial charge in [-0.3, -0.25) is 9.59 Å². The first-order valence-corrected chi connectivity index (χ1v) is 12.3. The van der Waals surface area contributed by atoms with Crippen molar-refractivity contribution >= 4 is 61.1 Å². The topological polar surface area (TPSA) is 100 Å². The van der Waals surface area contributed by atoms with Gasteiger partial charge in [0.1, 0.15) is 23.1 Å². The highest BCUT2D eigenvalue weighted by atomic mass is 79.9. The number of amides is 2. The predicted molar refractivity (Wildman–Crippen MR) is 147 cm³/mol. The largest absolute Gasteiger partial charge is 0.497 e. The van der Waals surface area contributed by atoms with Crippen LogP contribution in [0.5, 0.6) is 11.5 Å². The fraction of sp³-hybridized carbons (Fsp3) is 0.148. The van der Waals surface area contributed by atoms with Crippen molar-refractivity contribution in [2.45, 2.75) is 13.8 Å². The number of nitrogens with zero attached hydrogens (tertiary/aromatic N) is 1. The summed E-state index contributed by atoms with van der Waals surface area (Å²) < 4.78 is 11.9. The van der Waals surface area contributed by atoms with E-state index in [1.165, 1.54) is 6.08 Å². The second-order valence-electron chi connectivity index (χ2n) is 7.80. The van der Waals surface area contributed by atoms with Crippen LogP contribution >= 0.6 is 31.9 Å². The van der Waals surface area contributed by atoms with E-state index in [2.05, 4.69) is 42.5 Å². The molecular weight excluding hydrogens is 590 g/mol.